The van der Waals surface area contributed by atoms with Gasteiger partial charge in [0, 0.05) is 6.07 Å². The summed E-state index contributed by atoms with van der Waals surface area (Å²) in [5.41, 5.74) is 0. The molecular weight excluding hydrogens is 171 g/mol. The summed E-state index contributed by atoms with van der Waals surface area (Å²) >= 11 is 0. The minimum Gasteiger partial charge on any atom is -0.505 e. The van der Waals surface area contributed by atoms with Gasteiger partial charge in [0.2, 0.25) is 0 Å². The zero-order valence-corrected chi connectivity index (χ0v) is 6.22. The van der Waals surface area contributed by atoms with Crippen molar-refractivity contribution in [1.82, 2.24) is 0 Å². The average molecular weight is 176 g/mol. The van der Waals surface area contributed by atoms with Crippen molar-refractivity contribution in [3.05, 3.63) is 24.0 Å². The zero-order chi connectivity index (χ0) is 8.43. The lowest BCUT2D eigenvalue weighted by Crippen LogP contribution is -1.81. The summed E-state index contributed by atoms with van der Waals surface area (Å²) in [5.74, 6) is -1.48. The number of aromatic hydroxyl groups is 1. The van der Waals surface area contributed by atoms with Crippen molar-refractivity contribution in [2.75, 3.05) is 0 Å². The number of phenolic OH excluding ortho intramolecular Hbond substituents is 1. The topological polar surface area (TPSA) is 54.4 Å². The monoisotopic (exact) mass is 176 g/mol. The highest BCUT2D eigenvalue weighted by Gasteiger charge is 2.01. The van der Waals surface area contributed by atoms with Crippen LogP contribution in [0, 0.1) is 5.82 Å². The molecule has 1 aromatic rings. The second-order valence-electron chi connectivity index (χ2n) is 1.89. The van der Waals surface area contributed by atoms with Crippen molar-refractivity contribution >= 4 is 10.7 Å². The standard InChI is InChI=1S/C6H5FO3S/c7-5-2-1-4(11(9)10)3-6(5)8/h1-3,8,11H. The molecule has 0 saturated heterocycles. The second kappa shape index (κ2) is 2.87. The van der Waals surface area contributed by atoms with Crippen LogP contribution in [0.4, 0.5) is 4.39 Å². The molecular formula is C6H5FO3S. The van der Waals surface area contributed by atoms with Gasteiger partial charge in [-0.1, -0.05) is 0 Å². The van der Waals surface area contributed by atoms with Gasteiger partial charge in [-0.15, -0.1) is 0 Å². The fourth-order valence-corrected chi connectivity index (χ4v) is 1.04. The average Bonchev–Trinajstić information content (AvgIpc) is 1.94. The Labute approximate surface area is 64.0 Å². The van der Waals surface area contributed by atoms with Crippen molar-refractivity contribution in [2.24, 2.45) is 0 Å². The van der Waals surface area contributed by atoms with Crippen LogP contribution >= 0.6 is 0 Å². The number of phenols is 1. The third kappa shape index (κ3) is 1.68. The van der Waals surface area contributed by atoms with Gasteiger partial charge in [-0.05, 0) is 12.1 Å². The Hall–Kier alpha value is -1.10. The molecule has 0 atom stereocenters. The molecule has 5 heteroatoms. The molecule has 1 rings (SSSR count). The van der Waals surface area contributed by atoms with Crippen LogP contribution in [0.15, 0.2) is 23.1 Å². The third-order valence-corrected chi connectivity index (χ3v) is 1.84. The maximum atomic E-state index is 12.3. The van der Waals surface area contributed by atoms with E-state index in [4.69, 9.17) is 5.11 Å². The predicted octanol–water partition coefficient (Wildman–Crippen LogP) is 0.502. The Bertz CT molecular complexity index is 338. The summed E-state index contributed by atoms with van der Waals surface area (Å²) in [6.07, 6.45) is 0. The highest BCUT2D eigenvalue weighted by molar-refractivity contribution is 7.72. The molecule has 0 radical (unpaired) electrons. The Balaban J connectivity index is 3.26. The van der Waals surface area contributed by atoms with Gasteiger partial charge in [0.15, 0.2) is 22.3 Å². The molecule has 0 fully saturated rings. The second-order valence-corrected chi connectivity index (χ2v) is 2.92. The number of thiol groups is 1. The Morgan fingerprint density at radius 2 is 2.00 bits per heavy atom. The fourth-order valence-electron chi connectivity index (χ4n) is 0.615. The maximum Gasteiger partial charge on any atom is 0.168 e. The van der Waals surface area contributed by atoms with Crippen molar-refractivity contribution in [1.29, 1.82) is 0 Å². The highest BCUT2D eigenvalue weighted by Crippen LogP contribution is 2.16. The molecule has 0 aromatic heterocycles. The molecule has 0 saturated carbocycles. The van der Waals surface area contributed by atoms with Gasteiger partial charge in [-0.25, -0.2) is 12.8 Å². The molecule has 60 valence electrons. The van der Waals surface area contributed by atoms with Crippen LogP contribution in [-0.4, -0.2) is 13.5 Å². The van der Waals surface area contributed by atoms with E-state index in [0.717, 1.165) is 18.2 Å². The minimum absolute atomic E-state index is 0.0982. The summed E-state index contributed by atoms with van der Waals surface area (Å²) in [6, 6.07) is 2.84. The van der Waals surface area contributed by atoms with E-state index in [9.17, 15) is 12.8 Å². The quantitative estimate of drug-likeness (QED) is 0.613. The Morgan fingerprint density at radius 3 is 2.45 bits per heavy atom. The van der Waals surface area contributed by atoms with Crippen LogP contribution in [-0.2, 0) is 10.7 Å². The van der Waals surface area contributed by atoms with Crippen molar-refractivity contribution in [3.63, 3.8) is 0 Å². The molecule has 0 aliphatic rings. The van der Waals surface area contributed by atoms with Crippen LogP contribution in [0.25, 0.3) is 0 Å². The predicted molar refractivity (Wildman–Crippen MR) is 36.6 cm³/mol. The molecule has 1 N–H and O–H groups in total. The van der Waals surface area contributed by atoms with Crippen molar-refractivity contribution < 1.29 is 17.9 Å². The normalized spacial score (nSPS) is 10.4. The van der Waals surface area contributed by atoms with E-state index in [1.165, 1.54) is 0 Å². The molecule has 0 aliphatic carbocycles. The molecule has 3 nitrogen and oxygen atoms in total. The molecule has 1 aromatic carbocycles. The van der Waals surface area contributed by atoms with E-state index in [0.29, 0.717) is 0 Å². The number of hydrogen-bond donors (Lipinski definition) is 2. The largest absolute Gasteiger partial charge is 0.505 e. The SMILES string of the molecule is O=[SH](=O)c1ccc(F)c(O)c1. The first-order valence-corrected chi connectivity index (χ1v) is 3.92. The van der Waals surface area contributed by atoms with Crippen LogP contribution in [0.2, 0.25) is 0 Å². The lowest BCUT2D eigenvalue weighted by atomic mass is 10.3. The van der Waals surface area contributed by atoms with Gasteiger partial charge < -0.3 is 5.11 Å². The summed E-state index contributed by atoms with van der Waals surface area (Å²) in [5, 5.41) is 8.71. The van der Waals surface area contributed by atoms with Gasteiger partial charge in [0.1, 0.15) is 0 Å². The molecule has 0 unspecified atom stereocenters. The van der Waals surface area contributed by atoms with Gasteiger partial charge in [0.05, 0.1) is 4.90 Å². The van der Waals surface area contributed by atoms with Gasteiger partial charge in [0.25, 0.3) is 0 Å². The summed E-state index contributed by atoms with van der Waals surface area (Å²) < 4.78 is 32.9. The number of rotatable bonds is 1. The lowest BCUT2D eigenvalue weighted by Gasteiger charge is -1.93. The summed E-state index contributed by atoms with van der Waals surface area (Å²) in [6.45, 7) is 0. The van der Waals surface area contributed by atoms with E-state index in [1.807, 2.05) is 0 Å². The first-order valence-electron chi connectivity index (χ1n) is 2.74. The number of hydrogen-bond acceptors (Lipinski definition) is 3. The lowest BCUT2D eigenvalue weighted by molar-refractivity contribution is 0.430. The van der Waals surface area contributed by atoms with Crippen LogP contribution in [0.3, 0.4) is 0 Å². The van der Waals surface area contributed by atoms with E-state index < -0.39 is 22.3 Å². The fraction of sp³-hybridized carbons (Fsp3) is 0. The van der Waals surface area contributed by atoms with E-state index >= 15 is 0 Å². The Kier molecular flexibility index (Phi) is 2.09. The van der Waals surface area contributed by atoms with Crippen molar-refractivity contribution in [2.45, 2.75) is 4.90 Å². The number of halogens is 1. The summed E-state index contributed by atoms with van der Waals surface area (Å²) in [4.78, 5) is -0.0982. The van der Waals surface area contributed by atoms with Gasteiger partial charge >= 0.3 is 0 Å². The molecule has 11 heavy (non-hydrogen) atoms. The molecule has 0 amide bonds. The van der Waals surface area contributed by atoms with Crippen LogP contribution < -0.4 is 0 Å². The zero-order valence-electron chi connectivity index (χ0n) is 5.32. The van der Waals surface area contributed by atoms with Gasteiger partial charge in [-0.3, -0.25) is 0 Å². The minimum atomic E-state index is -2.75. The number of benzene rings is 1. The van der Waals surface area contributed by atoms with E-state index in [2.05, 4.69) is 0 Å². The smallest absolute Gasteiger partial charge is 0.168 e. The molecule has 0 aliphatic heterocycles. The highest BCUT2D eigenvalue weighted by atomic mass is 32.2. The Morgan fingerprint density at radius 1 is 1.36 bits per heavy atom. The third-order valence-electron chi connectivity index (χ3n) is 1.14. The van der Waals surface area contributed by atoms with Crippen molar-refractivity contribution in [3.8, 4) is 5.75 Å². The summed E-state index contributed by atoms with van der Waals surface area (Å²) in [7, 11) is -2.75. The first kappa shape index (κ1) is 8.00. The molecule has 0 bridgehead atoms. The molecule has 0 spiro atoms. The van der Waals surface area contributed by atoms with Crippen LogP contribution in [0.1, 0.15) is 0 Å². The first-order chi connectivity index (χ1) is 5.11. The van der Waals surface area contributed by atoms with Crippen LogP contribution in [0.5, 0.6) is 5.75 Å². The van der Waals surface area contributed by atoms with E-state index in [1.54, 1.807) is 0 Å². The van der Waals surface area contributed by atoms with E-state index in [-0.39, 0.29) is 4.90 Å². The molecule has 0 heterocycles. The van der Waals surface area contributed by atoms with Gasteiger partial charge in [-0.2, -0.15) is 0 Å². The maximum absolute atomic E-state index is 12.3.